The molecule has 0 saturated heterocycles. The second-order valence-electron chi connectivity index (χ2n) is 17.7. The van der Waals surface area contributed by atoms with Gasteiger partial charge in [-0.05, 0) is 99.5 Å². The Morgan fingerprint density at radius 1 is 0.371 bits per heavy atom. The van der Waals surface area contributed by atoms with Crippen LogP contribution in [0.4, 0.5) is 17.1 Å². The molecule has 0 radical (unpaired) electrons. The predicted molar refractivity (Wildman–Crippen MR) is 256 cm³/mol. The number of furan rings is 2. The average Bonchev–Trinajstić information content (AvgIpc) is 4.03. The summed E-state index contributed by atoms with van der Waals surface area (Å²) in [5, 5.41) is 4.45. The predicted octanol–water partition coefficient (Wildman–Crippen LogP) is 16.3. The maximum atomic E-state index is 7.11. The minimum absolute atomic E-state index is 0.165. The molecular formula is C59H41NO2. The summed E-state index contributed by atoms with van der Waals surface area (Å²) in [6, 6.07) is 70.6. The van der Waals surface area contributed by atoms with E-state index in [-0.39, 0.29) is 5.41 Å². The molecule has 0 atom stereocenters. The Balaban J connectivity index is 1.05. The SMILES string of the molecule is CC1(C)c2ccccc2-c2ccc(N(c3ccc(-c4cccc5c4oc4ccccc45)cc3)c3ccc(C4(C)c5ccccc5-c5ccccc54)c4oc5ccccc5c34)cc21. The molecule has 3 nitrogen and oxygen atoms in total. The van der Waals surface area contributed by atoms with E-state index in [9.17, 15) is 0 Å². The number of rotatable bonds is 5. The highest BCUT2D eigenvalue weighted by molar-refractivity contribution is 6.15. The zero-order valence-corrected chi connectivity index (χ0v) is 34.7. The number of para-hydroxylation sites is 3. The summed E-state index contributed by atoms with van der Waals surface area (Å²) >= 11 is 0. The minimum atomic E-state index is -0.439. The monoisotopic (exact) mass is 795 g/mol. The summed E-state index contributed by atoms with van der Waals surface area (Å²) in [4.78, 5) is 2.44. The van der Waals surface area contributed by atoms with Gasteiger partial charge >= 0.3 is 0 Å². The van der Waals surface area contributed by atoms with E-state index in [4.69, 9.17) is 8.83 Å². The smallest absolute Gasteiger partial charge is 0.143 e. The molecule has 0 unspecified atom stereocenters. The van der Waals surface area contributed by atoms with E-state index in [1.165, 1.54) is 44.5 Å². The van der Waals surface area contributed by atoms with Crippen molar-refractivity contribution in [2.45, 2.75) is 31.6 Å². The molecule has 9 aromatic carbocycles. The van der Waals surface area contributed by atoms with Gasteiger partial charge < -0.3 is 13.7 Å². The molecule has 2 heterocycles. The summed E-state index contributed by atoms with van der Waals surface area (Å²) in [7, 11) is 0. The van der Waals surface area contributed by atoms with Gasteiger partial charge in [0.2, 0.25) is 0 Å². The second kappa shape index (κ2) is 12.7. The molecule has 0 spiro atoms. The van der Waals surface area contributed by atoms with E-state index in [0.717, 1.165) is 77.6 Å². The summed E-state index contributed by atoms with van der Waals surface area (Å²) in [6.07, 6.45) is 0. The fourth-order valence-corrected chi connectivity index (χ4v) is 11.2. The van der Waals surface area contributed by atoms with Crippen molar-refractivity contribution in [2.24, 2.45) is 0 Å². The van der Waals surface area contributed by atoms with Crippen molar-refractivity contribution in [3.63, 3.8) is 0 Å². The lowest BCUT2D eigenvalue weighted by Gasteiger charge is -2.31. The number of hydrogen-bond donors (Lipinski definition) is 0. The van der Waals surface area contributed by atoms with E-state index in [2.05, 4.69) is 208 Å². The lowest BCUT2D eigenvalue weighted by atomic mass is 9.73. The molecular weight excluding hydrogens is 755 g/mol. The molecule has 2 aliphatic rings. The van der Waals surface area contributed by atoms with Crippen LogP contribution in [0.25, 0.3) is 77.3 Å². The van der Waals surface area contributed by atoms with Crippen molar-refractivity contribution in [1.82, 2.24) is 0 Å². The third-order valence-electron chi connectivity index (χ3n) is 14.2. The molecule has 294 valence electrons. The second-order valence-corrected chi connectivity index (χ2v) is 17.7. The van der Waals surface area contributed by atoms with Crippen LogP contribution in [-0.2, 0) is 10.8 Å². The molecule has 3 heteroatoms. The quantitative estimate of drug-likeness (QED) is 0.174. The Labute approximate surface area is 360 Å². The van der Waals surface area contributed by atoms with Crippen molar-refractivity contribution in [2.75, 3.05) is 4.90 Å². The van der Waals surface area contributed by atoms with Crippen LogP contribution in [0.3, 0.4) is 0 Å². The van der Waals surface area contributed by atoms with Crippen molar-refractivity contribution in [1.29, 1.82) is 0 Å². The third kappa shape index (κ3) is 4.71. The number of fused-ring (bicyclic) bond motifs is 12. The van der Waals surface area contributed by atoms with Crippen LogP contribution < -0.4 is 4.90 Å². The zero-order chi connectivity index (χ0) is 41.3. The first-order valence-corrected chi connectivity index (χ1v) is 21.6. The van der Waals surface area contributed by atoms with E-state index >= 15 is 0 Å². The highest BCUT2D eigenvalue weighted by Gasteiger charge is 2.43. The lowest BCUT2D eigenvalue weighted by molar-refractivity contribution is 0.638. The molecule has 11 aromatic rings. The van der Waals surface area contributed by atoms with Crippen LogP contribution in [-0.4, -0.2) is 0 Å². The van der Waals surface area contributed by atoms with Gasteiger partial charge in [-0.25, -0.2) is 0 Å². The van der Waals surface area contributed by atoms with Crippen LogP contribution in [0.15, 0.2) is 203 Å². The molecule has 2 aliphatic carbocycles. The largest absolute Gasteiger partial charge is 0.456 e. The van der Waals surface area contributed by atoms with Gasteiger partial charge in [0, 0.05) is 49.5 Å². The average molecular weight is 796 g/mol. The van der Waals surface area contributed by atoms with Gasteiger partial charge in [0.05, 0.1) is 11.1 Å². The molecule has 2 aromatic heterocycles. The summed E-state index contributed by atoms with van der Waals surface area (Å²) in [5.41, 5.74) is 20.0. The van der Waals surface area contributed by atoms with Crippen molar-refractivity contribution >= 4 is 60.9 Å². The van der Waals surface area contributed by atoms with Crippen LogP contribution in [0, 0.1) is 0 Å². The molecule has 0 fully saturated rings. The normalized spacial score (nSPS) is 14.3. The molecule has 0 amide bonds. The highest BCUT2D eigenvalue weighted by Crippen LogP contribution is 2.56. The first kappa shape index (κ1) is 35.2. The van der Waals surface area contributed by atoms with Crippen molar-refractivity contribution in [3.8, 4) is 33.4 Å². The van der Waals surface area contributed by atoms with Crippen LogP contribution >= 0.6 is 0 Å². The van der Waals surface area contributed by atoms with Crippen LogP contribution in [0.1, 0.15) is 48.6 Å². The number of anilines is 3. The van der Waals surface area contributed by atoms with E-state index in [1.807, 2.05) is 12.1 Å². The number of benzene rings is 9. The first-order valence-electron chi connectivity index (χ1n) is 21.6. The van der Waals surface area contributed by atoms with Gasteiger partial charge in [0.15, 0.2) is 0 Å². The van der Waals surface area contributed by atoms with E-state index in [0.29, 0.717) is 0 Å². The molecule has 0 saturated carbocycles. The molecule has 13 rings (SSSR count). The van der Waals surface area contributed by atoms with Crippen LogP contribution in [0.5, 0.6) is 0 Å². The Kier molecular flexibility index (Phi) is 7.20. The zero-order valence-electron chi connectivity index (χ0n) is 34.7. The van der Waals surface area contributed by atoms with Gasteiger partial charge in [-0.15, -0.1) is 0 Å². The van der Waals surface area contributed by atoms with E-state index in [1.54, 1.807) is 0 Å². The van der Waals surface area contributed by atoms with Gasteiger partial charge in [-0.3, -0.25) is 0 Å². The first-order chi connectivity index (χ1) is 30.4. The summed E-state index contributed by atoms with van der Waals surface area (Å²) in [5.74, 6) is 0. The number of hydrogen-bond acceptors (Lipinski definition) is 3. The summed E-state index contributed by atoms with van der Waals surface area (Å²) < 4.78 is 13.6. The lowest BCUT2D eigenvalue weighted by Crippen LogP contribution is -2.23. The maximum Gasteiger partial charge on any atom is 0.143 e. The van der Waals surface area contributed by atoms with Gasteiger partial charge in [0.25, 0.3) is 0 Å². The maximum absolute atomic E-state index is 7.11. The van der Waals surface area contributed by atoms with Crippen molar-refractivity contribution < 1.29 is 8.83 Å². The van der Waals surface area contributed by atoms with Crippen LogP contribution in [0.2, 0.25) is 0 Å². The fourth-order valence-electron chi connectivity index (χ4n) is 11.2. The minimum Gasteiger partial charge on any atom is -0.456 e. The molecule has 0 N–H and O–H groups in total. The molecule has 0 bridgehead atoms. The standard InChI is InChI=1S/C59H41NO2/c1-58(2)47-22-9-4-15-40(47)43-32-31-38(35-51(43)58)60(37-29-27-36(28-30-37)39-20-14-21-45-44-18-7-12-25-53(44)61-56(39)45)52-34-33-50(57-55(52)46-19-8-13-26-54(46)62-57)59(3)48-23-10-5-16-41(48)42-17-6-11-24-49(42)59/h4-35H,1-3H3. The van der Waals surface area contributed by atoms with Gasteiger partial charge in [-0.2, -0.15) is 0 Å². The third-order valence-corrected chi connectivity index (χ3v) is 14.2. The summed E-state index contributed by atoms with van der Waals surface area (Å²) in [6.45, 7) is 7.08. The number of nitrogens with zero attached hydrogens (tertiary/aromatic N) is 1. The Morgan fingerprint density at radius 3 is 1.63 bits per heavy atom. The van der Waals surface area contributed by atoms with Gasteiger partial charge in [0.1, 0.15) is 22.3 Å². The van der Waals surface area contributed by atoms with Gasteiger partial charge in [-0.1, -0.05) is 166 Å². The molecule has 62 heavy (non-hydrogen) atoms. The molecule has 0 aliphatic heterocycles. The highest BCUT2D eigenvalue weighted by atomic mass is 16.3. The van der Waals surface area contributed by atoms with Crippen molar-refractivity contribution in [3.05, 3.63) is 222 Å². The Hall–Kier alpha value is -7.62. The fraction of sp³-hybridized carbons (Fsp3) is 0.0847. The Morgan fingerprint density at radius 2 is 0.903 bits per heavy atom. The topological polar surface area (TPSA) is 29.5 Å². The van der Waals surface area contributed by atoms with E-state index < -0.39 is 5.41 Å². The Bertz CT molecular complexity index is 3590.